The Bertz CT molecular complexity index is 647. The molecule has 0 unspecified atom stereocenters. The molecule has 1 amide bonds. The normalized spacial score (nSPS) is 10.8. The van der Waals surface area contributed by atoms with E-state index in [1.54, 1.807) is 30.5 Å². The number of nitrogens with one attached hydrogen (secondary N) is 1. The molecule has 1 heterocycles. The van der Waals surface area contributed by atoms with Crippen molar-refractivity contribution in [2.24, 2.45) is 12.1 Å². The molecule has 0 fully saturated rings. The third kappa shape index (κ3) is 4.36. The van der Waals surface area contributed by atoms with Crippen molar-refractivity contribution >= 4 is 23.7 Å². The maximum absolute atomic E-state index is 11.6. The van der Waals surface area contributed by atoms with Crippen LogP contribution in [0.3, 0.4) is 0 Å². The summed E-state index contributed by atoms with van der Waals surface area (Å²) in [7, 11) is 1.93. The molecule has 0 aliphatic heterocycles. The molecule has 0 radical (unpaired) electrons. The van der Waals surface area contributed by atoms with Gasteiger partial charge in [-0.25, -0.2) is 5.43 Å². The van der Waals surface area contributed by atoms with Gasteiger partial charge in [-0.3, -0.25) is 4.79 Å². The van der Waals surface area contributed by atoms with E-state index >= 15 is 0 Å². The van der Waals surface area contributed by atoms with E-state index in [0.29, 0.717) is 10.8 Å². The topological polar surface area (TPSA) is 55.6 Å². The number of halogens is 1. The van der Waals surface area contributed by atoms with Crippen molar-refractivity contribution in [3.05, 3.63) is 52.8 Å². The van der Waals surface area contributed by atoms with Crippen molar-refractivity contribution in [3.63, 3.8) is 0 Å². The average molecular weight is 306 g/mol. The molecule has 0 saturated heterocycles. The first-order chi connectivity index (χ1) is 10.1. The summed E-state index contributed by atoms with van der Waals surface area (Å²) in [5, 5.41) is 4.52. The van der Waals surface area contributed by atoms with Gasteiger partial charge in [-0.05, 0) is 43.3 Å². The molecule has 0 spiro atoms. The highest BCUT2D eigenvalue weighted by atomic mass is 35.5. The molecule has 110 valence electrons. The standard InChI is InChI=1S/C15H16ClN3O2/c1-11-3-6-13(19(11)2)9-17-18-15(20)10-21-14-7-4-12(16)5-8-14/h3-9H,10H2,1-2H3,(H,18,20)/b17-9+. The molecular weight excluding hydrogens is 290 g/mol. The second kappa shape index (κ2) is 6.95. The minimum absolute atomic E-state index is 0.106. The maximum Gasteiger partial charge on any atom is 0.277 e. The number of hydrogen-bond donors (Lipinski definition) is 1. The van der Waals surface area contributed by atoms with E-state index in [-0.39, 0.29) is 12.5 Å². The van der Waals surface area contributed by atoms with E-state index in [2.05, 4.69) is 10.5 Å². The number of benzene rings is 1. The first-order valence-corrected chi connectivity index (χ1v) is 6.76. The number of aromatic nitrogens is 1. The summed E-state index contributed by atoms with van der Waals surface area (Å²) in [6.45, 7) is 1.89. The molecule has 0 atom stereocenters. The summed E-state index contributed by atoms with van der Waals surface area (Å²) in [6.07, 6.45) is 1.59. The Balaban J connectivity index is 1.79. The van der Waals surface area contributed by atoms with Crippen molar-refractivity contribution in [3.8, 4) is 5.75 Å². The number of amides is 1. The highest BCUT2D eigenvalue weighted by Crippen LogP contribution is 2.15. The molecule has 1 N–H and O–H groups in total. The van der Waals surface area contributed by atoms with Gasteiger partial charge in [0, 0.05) is 17.8 Å². The van der Waals surface area contributed by atoms with E-state index in [4.69, 9.17) is 16.3 Å². The zero-order chi connectivity index (χ0) is 15.2. The van der Waals surface area contributed by atoms with Crippen LogP contribution in [0.1, 0.15) is 11.4 Å². The fourth-order valence-electron chi connectivity index (χ4n) is 1.65. The lowest BCUT2D eigenvalue weighted by atomic mass is 10.3. The molecule has 1 aromatic heterocycles. The van der Waals surface area contributed by atoms with E-state index in [9.17, 15) is 4.79 Å². The zero-order valence-electron chi connectivity index (χ0n) is 11.8. The van der Waals surface area contributed by atoms with Gasteiger partial charge in [-0.2, -0.15) is 5.10 Å². The quantitative estimate of drug-likeness (QED) is 0.681. The van der Waals surface area contributed by atoms with Crippen LogP contribution in [-0.4, -0.2) is 23.3 Å². The molecule has 5 nitrogen and oxygen atoms in total. The fourth-order valence-corrected chi connectivity index (χ4v) is 1.77. The van der Waals surface area contributed by atoms with Gasteiger partial charge in [0.25, 0.3) is 5.91 Å². The van der Waals surface area contributed by atoms with Gasteiger partial charge in [-0.1, -0.05) is 11.6 Å². The third-order valence-electron chi connectivity index (χ3n) is 2.98. The fraction of sp³-hybridized carbons (Fsp3) is 0.200. The predicted molar refractivity (Wildman–Crippen MR) is 82.8 cm³/mol. The lowest BCUT2D eigenvalue weighted by Crippen LogP contribution is -2.24. The largest absolute Gasteiger partial charge is 0.484 e. The summed E-state index contributed by atoms with van der Waals surface area (Å²) in [5.74, 6) is 0.253. The number of nitrogens with zero attached hydrogens (tertiary/aromatic N) is 2. The van der Waals surface area contributed by atoms with Crippen molar-refractivity contribution < 1.29 is 9.53 Å². The Morgan fingerprint density at radius 1 is 1.33 bits per heavy atom. The number of carbonyl (C=O) groups is 1. The maximum atomic E-state index is 11.6. The third-order valence-corrected chi connectivity index (χ3v) is 3.23. The molecule has 2 rings (SSSR count). The number of hydrogen-bond acceptors (Lipinski definition) is 3. The Morgan fingerprint density at radius 3 is 2.67 bits per heavy atom. The monoisotopic (exact) mass is 305 g/mol. The minimum Gasteiger partial charge on any atom is -0.484 e. The molecule has 0 saturated carbocycles. The van der Waals surface area contributed by atoms with Crippen molar-refractivity contribution in [2.45, 2.75) is 6.92 Å². The van der Waals surface area contributed by atoms with Crippen LogP contribution in [0.4, 0.5) is 0 Å². The van der Waals surface area contributed by atoms with E-state index < -0.39 is 0 Å². The number of ether oxygens (including phenoxy) is 1. The smallest absolute Gasteiger partial charge is 0.277 e. The van der Waals surface area contributed by atoms with Gasteiger partial charge in [0.05, 0.1) is 11.9 Å². The SMILES string of the molecule is Cc1ccc(/C=N/NC(=O)COc2ccc(Cl)cc2)n1C. The predicted octanol–water partition coefficient (Wildman–Crippen LogP) is 2.52. The van der Waals surface area contributed by atoms with Crippen molar-refractivity contribution in [2.75, 3.05) is 6.61 Å². The van der Waals surface area contributed by atoms with E-state index in [1.165, 1.54) is 0 Å². The van der Waals surface area contributed by atoms with Gasteiger partial charge >= 0.3 is 0 Å². The van der Waals surface area contributed by atoms with Crippen molar-refractivity contribution in [1.82, 2.24) is 9.99 Å². The Hall–Kier alpha value is -2.27. The summed E-state index contributed by atoms with van der Waals surface area (Å²) in [5.41, 5.74) is 4.44. The second-order valence-corrected chi connectivity index (χ2v) is 4.93. The molecule has 0 aliphatic rings. The summed E-state index contributed by atoms with van der Waals surface area (Å²) in [4.78, 5) is 11.6. The number of aryl methyl sites for hydroxylation is 1. The van der Waals surface area contributed by atoms with Gasteiger partial charge in [-0.15, -0.1) is 0 Å². The Kier molecular flexibility index (Phi) is 5.00. The lowest BCUT2D eigenvalue weighted by Gasteiger charge is -2.04. The molecule has 6 heteroatoms. The van der Waals surface area contributed by atoms with Crippen LogP contribution >= 0.6 is 11.6 Å². The molecule has 2 aromatic rings. The minimum atomic E-state index is -0.327. The molecule has 0 aliphatic carbocycles. The van der Waals surface area contributed by atoms with Crippen LogP contribution in [0, 0.1) is 6.92 Å². The number of rotatable bonds is 5. The van der Waals surface area contributed by atoms with Crippen LogP contribution in [-0.2, 0) is 11.8 Å². The summed E-state index contributed by atoms with van der Waals surface area (Å²) < 4.78 is 7.28. The van der Waals surface area contributed by atoms with Gasteiger partial charge in [0.15, 0.2) is 6.61 Å². The Labute approximate surface area is 128 Å². The summed E-state index contributed by atoms with van der Waals surface area (Å²) in [6, 6.07) is 10.7. The first-order valence-electron chi connectivity index (χ1n) is 6.39. The van der Waals surface area contributed by atoms with Crippen molar-refractivity contribution in [1.29, 1.82) is 0 Å². The van der Waals surface area contributed by atoms with Crippen LogP contribution in [0.15, 0.2) is 41.5 Å². The lowest BCUT2D eigenvalue weighted by molar-refractivity contribution is -0.123. The first kappa shape index (κ1) is 15.1. The highest BCUT2D eigenvalue weighted by molar-refractivity contribution is 6.30. The Morgan fingerprint density at radius 2 is 2.05 bits per heavy atom. The molecule has 1 aromatic carbocycles. The number of carbonyl (C=O) groups excluding carboxylic acids is 1. The molecule has 0 bridgehead atoms. The van der Waals surface area contributed by atoms with Gasteiger partial charge in [0.2, 0.25) is 0 Å². The van der Waals surface area contributed by atoms with Gasteiger partial charge < -0.3 is 9.30 Å². The average Bonchev–Trinajstić information content (AvgIpc) is 2.79. The van der Waals surface area contributed by atoms with E-state index in [0.717, 1.165) is 11.4 Å². The second-order valence-electron chi connectivity index (χ2n) is 4.49. The van der Waals surface area contributed by atoms with E-state index in [1.807, 2.05) is 30.7 Å². The van der Waals surface area contributed by atoms with Crippen LogP contribution < -0.4 is 10.2 Å². The van der Waals surface area contributed by atoms with Crippen LogP contribution in [0.5, 0.6) is 5.75 Å². The van der Waals surface area contributed by atoms with Crippen LogP contribution in [0.2, 0.25) is 5.02 Å². The molecular formula is C15H16ClN3O2. The molecule has 21 heavy (non-hydrogen) atoms. The summed E-state index contributed by atoms with van der Waals surface area (Å²) >= 11 is 5.76. The number of hydrazone groups is 1. The van der Waals surface area contributed by atoms with Gasteiger partial charge in [0.1, 0.15) is 5.75 Å². The zero-order valence-corrected chi connectivity index (χ0v) is 12.6. The highest BCUT2D eigenvalue weighted by Gasteiger charge is 2.02. The van der Waals surface area contributed by atoms with Crippen LogP contribution in [0.25, 0.3) is 0 Å².